The fourth-order valence-corrected chi connectivity index (χ4v) is 3.57. The first-order valence-corrected chi connectivity index (χ1v) is 8.63. The smallest absolute Gasteiger partial charge is 0.118 e. The summed E-state index contributed by atoms with van der Waals surface area (Å²) in [5.41, 5.74) is 1.26. The van der Waals surface area contributed by atoms with Crippen LogP contribution < -0.4 is 10.1 Å². The van der Waals surface area contributed by atoms with E-state index < -0.39 is 0 Å². The van der Waals surface area contributed by atoms with Gasteiger partial charge in [-0.3, -0.25) is 0 Å². The highest BCUT2D eigenvalue weighted by Crippen LogP contribution is 2.29. The van der Waals surface area contributed by atoms with E-state index in [1.807, 2.05) is 30.5 Å². The first-order chi connectivity index (χ1) is 10.2. The van der Waals surface area contributed by atoms with Gasteiger partial charge in [0.15, 0.2) is 0 Å². The number of ether oxygens (including phenoxy) is 1. The molecule has 1 aromatic carbocycles. The number of nitrogens with one attached hydrogen (secondary N) is 1. The zero-order valence-electron chi connectivity index (χ0n) is 12.2. The van der Waals surface area contributed by atoms with Crippen molar-refractivity contribution >= 4 is 27.7 Å². The lowest BCUT2D eigenvalue weighted by Gasteiger charge is -2.18. The maximum absolute atomic E-state index is 5.21. The molecule has 0 amide bonds. The van der Waals surface area contributed by atoms with Crippen LogP contribution in [0.5, 0.6) is 5.75 Å². The summed E-state index contributed by atoms with van der Waals surface area (Å²) in [5.74, 6) is 1.81. The van der Waals surface area contributed by atoms with Crippen molar-refractivity contribution in [2.24, 2.45) is 0 Å². The minimum Gasteiger partial charge on any atom is -0.497 e. The Morgan fingerprint density at radius 1 is 1.29 bits per heavy atom. The van der Waals surface area contributed by atoms with Gasteiger partial charge in [0.25, 0.3) is 0 Å². The molecule has 2 rings (SSSR count). The summed E-state index contributed by atoms with van der Waals surface area (Å²) in [4.78, 5) is 4.40. The summed E-state index contributed by atoms with van der Waals surface area (Å²) in [6, 6.07) is 12.5. The molecule has 112 valence electrons. The maximum atomic E-state index is 5.21. The molecule has 1 heterocycles. The number of rotatable bonds is 7. The van der Waals surface area contributed by atoms with Crippen molar-refractivity contribution in [3.63, 3.8) is 0 Å². The first-order valence-electron chi connectivity index (χ1n) is 6.85. The molecule has 21 heavy (non-hydrogen) atoms. The molecule has 1 N–H and O–H groups in total. The van der Waals surface area contributed by atoms with Gasteiger partial charge < -0.3 is 10.1 Å². The van der Waals surface area contributed by atoms with Crippen LogP contribution >= 0.6 is 27.7 Å². The van der Waals surface area contributed by atoms with E-state index in [0.717, 1.165) is 27.5 Å². The second kappa shape index (κ2) is 8.41. The second-order valence-corrected chi connectivity index (χ2v) is 6.35. The molecule has 3 nitrogen and oxygen atoms in total. The third-order valence-electron chi connectivity index (χ3n) is 3.08. The maximum Gasteiger partial charge on any atom is 0.118 e. The summed E-state index contributed by atoms with van der Waals surface area (Å²) in [5, 5.41) is 4.54. The first kappa shape index (κ1) is 16.3. The molecule has 1 unspecified atom stereocenters. The number of methoxy groups -OCH3 is 1. The Labute approximate surface area is 138 Å². The lowest BCUT2D eigenvalue weighted by molar-refractivity contribution is 0.414. The molecule has 0 spiro atoms. The molecule has 2 aromatic rings. The Morgan fingerprint density at radius 3 is 2.67 bits per heavy atom. The van der Waals surface area contributed by atoms with Gasteiger partial charge in [0.1, 0.15) is 10.8 Å². The van der Waals surface area contributed by atoms with E-state index in [1.165, 1.54) is 5.56 Å². The largest absolute Gasteiger partial charge is 0.497 e. The van der Waals surface area contributed by atoms with E-state index in [0.29, 0.717) is 6.04 Å². The molecule has 0 radical (unpaired) electrons. The van der Waals surface area contributed by atoms with Crippen molar-refractivity contribution < 1.29 is 4.74 Å². The highest BCUT2D eigenvalue weighted by atomic mass is 79.9. The number of thioether (sulfide) groups is 1. The van der Waals surface area contributed by atoms with Crippen molar-refractivity contribution in [1.29, 1.82) is 0 Å². The molecular weight excluding hydrogens is 348 g/mol. The number of benzene rings is 1. The number of aromatic nitrogens is 1. The van der Waals surface area contributed by atoms with E-state index in [1.54, 1.807) is 18.9 Å². The van der Waals surface area contributed by atoms with Gasteiger partial charge in [0, 0.05) is 22.5 Å². The molecule has 0 fully saturated rings. The molecule has 0 saturated carbocycles. The van der Waals surface area contributed by atoms with Crippen molar-refractivity contribution in [2.45, 2.75) is 18.0 Å². The third kappa shape index (κ3) is 4.73. The lowest BCUT2D eigenvalue weighted by Crippen LogP contribution is -2.22. The Morgan fingerprint density at radius 2 is 2.05 bits per heavy atom. The fraction of sp³-hybridized carbons (Fsp3) is 0.312. The van der Waals surface area contributed by atoms with Gasteiger partial charge in [-0.15, -0.1) is 11.8 Å². The van der Waals surface area contributed by atoms with Crippen molar-refractivity contribution in [1.82, 2.24) is 10.3 Å². The summed E-state index contributed by atoms with van der Waals surface area (Å²) in [6.45, 7) is 3.05. The number of pyridine rings is 1. The van der Waals surface area contributed by atoms with Gasteiger partial charge in [0.05, 0.1) is 7.11 Å². The molecule has 5 heteroatoms. The van der Waals surface area contributed by atoms with Gasteiger partial charge >= 0.3 is 0 Å². The summed E-state index contributed by atoms with van der Waals surface area (Å²) in [7, 11) is 1.69. The van der Waals surface area contributed by atoms with E-state index in [9.17, 15) is 0 Å². The van der Waals surface area contributed by atoms with Gasteiger partial charge in [-0.1, -0.05) is 19.1 Å². The van der Waals surface area contributed by atoms with Crippen molar-refractivity contribution in [2.75, 3.05) is 19.4 Å². The monoisotopic (exact) mass is 366 g/mol. The van der Waals surface area contributed by atoms with Gasteiger partial charge in [-0.2, -0.15) is 0 Å². The predicted molar refractivity (Wildman–Crippen MR) is 92.1 cm³/mol. The average molecular weight is 367 g/mol. The molecule has 1 aromatic heterocycles. The van der Waals surface area contributed by atoms with Gasteiger partial charge in [0.2, 0.25) is 0 Å². The van der Waals surface area contributed by atoms with E-state index >= 15 is 0 Å². The minimum atomic E-state index is 0.291. The Kier molecular flexibility index (Phi) is 6.54. The number of hydrogen-bond donors (Lipinski definition) is 1. The standard InChI is InChI=1S/C16H19BrN2OS/c1-3-18-15(12-6-8-13(20-2)9-7-12)11-21-16-14(17)5-4-10-19-16/h4-10,15,18H,3,11H2,1-2H3. The summed E-state index contributed by atoms with van der Waals surface area (Å²) in [6.07, 6.45) is 1.82. The quantitative estimate of drug-likeness (QED) is 0.740. The Balaban J connectivity index is 2.06. The van der Waals surface area contributed by atoms with E-state index in [-0.39, 0.29) is 0 Å². The third-order valence-corrected chi connectivity index (χ3v) is 5.08. The minimum absolute atomic E-state index is 0.291. The predicted octanol–water partition coefficient (Wildman–Crippen LogP) is 4.30. The van der Waals surface area contributed by atoms with Crippen LogP contribution in [-0.2, 0) is 0 Å². The van der Waals surface area contributed by atoms with Crippen molar-refractivity contribution in [3.05, 3.63) is 52.6 Å². The average Bonchev–Trinajstić information content (AvgIpc) is 2.53. The number of halogens is 1. The van der Waals surface area contributed by atoms with Crippen LogP contribution in [0.25, 0.3) is 0 Å². The van der Waals surface area contributed by atoms with Crippen LogP contribution in [-0.4, -0.2) is 24.4 Å². The zero-order chi connectivity index (χ0) is 15.1. The number of nitrogens with zero attached hydrogens (tertiary/aromatic N) is 1. The van der Waals surface area contributed by atoms with Crippen LogP contribution in [0.15, 0.2) is 52.1 Å². The molecule has 0 aliphatic heterocycles. The van der Waals surface area contributed by atoms with Crippen LogP contribution in [0.3, 0.4) is 0 Å². The molecule has 1 atom stereocenters. The molecule has 0 aliphatic carbocycles. The van der Waals surface area contributed by atoms with Crippen LogP contribution in [0.4, 0.5) is 0 Å². The second-order valence-electron chi connectivity index (χ2n) is 4.48. The molecule has 0 saturated heterocycles. The van der Waals surface area contributed by atoms with Gasteiger partial charge in [-0.05, 0) is 52.3 Å². The van der Waals surface area contributed by atoms with E-state index in [4.69, 9.17) is 4.74 Å². The molecule has 0 bridgehead atoms. The molecule has 0 aliphatic rings. The van der Waals surface area contributed by atoms with Crippen LogP contribution in [0.1, 0.15) is 18.5 Å². The van der Waals surface area contributed by atoms with Crippen molar-refractivity contribution in [3.8, 4) is 5.75 Å². The van der Waals surface area contributed by atoms with Crippen LogP contribution in [0, 0.1) is 0 Å². The van der Waals surface area contributed by atoms with E-state index in [2.05, 4.69) is 45.3 Å². The normalized spacial score (nSPS) is 12.1. The SMILES string of the molecule is CCNC(CSc1ncccc1Br)c1ccc(OC)cc1. The Hall–Kier alpha value is -1.04. The highest BCUT2D eigenvalue weighted by Gasteiger charge is 2.12. The summed E-state index contributed by atoms with van der Waals surface area (Å²) >= 11 is 5.29. The molecular formula is C16H19BrN2OS. The zero-order valence-corrected chi connectivity index (χ0v) is 14.6. The Bertz CT molecular complexity index is 562. The van der Waals surface area contributed by atoms with Gasteiger partial charge in [-0.25, -0.2) is 4.98 Å². The topological polar surface area (TPSA) is 34.2 Å². The highest BCUT2D eigenvalue weighted by molar-refractivity contribution is 9.10. The van der Waals surface area contributed by atoms with Crippen LogP contribution in [0.2, 0.25) is 0 Å². The fourth-order valence-electron chi connectivity index (χ4n) is 2.00. The lowest BCUT2D eigenvalue weighted by atomic mass is 10.1. The summed E-state index contributed by atoms with van der Waals surface area (Å²) < 4.78 is 6.25. The number of hydrogen-bond acceptors (Lipinski definition) is 4.